The number of aromatic amines is 1. The number of hydrogen-bond donors (Lipinski definition) is 2. The molecule has 1 aliphatic rings. The topological polar surface area (TPSA) is 62.0 Å². The Kier molecular flexibility index (Phi) is 5.43. The summed E-state index contributed by atoms with van der Waals surface area (Å²) in [6.07, 6.45) is -1.95. The lowest BCUT2D eigenvalue weighted by molar-refractivity contribution is -0.138. The van der Waals surface area contributed by atoms with Gasteiger partial charge in [-0.05, 0) is 35.1 Å². The van der Waals surface area contributed by atoms with Crippen molar-refractivity contribution in [1.29, 1.82) is 0 Å². The second-order valence-corrected chi connectivity index (χ2v) is 8.23. The van der Waals surface area contributed by atoms with Crippen molar-refractivity contribution in [1.82, 2.24) is 10.3 Å². The summed E-state index contributed by atoms with van der Waals surface area (Å²) in [5.41, 5.74) is 0.215. The molecule has 0 saturated carbocycles. The Hall–Kier alpha value is -2.83. The van der Waals surface area contributed by atoms with Gasteiger partial charge in [-0.15, -0.1) is 0 Å². The zero-order valence-electron chi connectivity index (χ0n) is 16.5. The van der Waals surface area contributed by atoms with Crippen molar-refractivity contribution >= 4 is 11.5 Å². The van der Waals surface area contributed by atoms with E-state index in [-0.39, 0.29) is 23.1 Å². The zero-order chi connectivity index (χ0) is 21.4. The van der Waals surface area contributed by atoms with Gasteiger partial charge in [-0.2, -0.15) is 13.2 Å². The summed E-state index contributed by atoms with van der Waals surface area (Å²) in [4.78, 5) is 25.9. The van der Waals surface area contributed by atoms with E-state index in [1.165, 1.54) is 6.07 Å². The average Bonchev–Trinajstić information content (AvgIpc) is 3.03. The molecule has 1 saturated heterocycles. The first-order chi connectivity index (χ1) is 13.4. The molecule has 0 radical (unpaired) electrons. The van der Waals surface area contributed by atoms with Gasteiger partial charge in [0.1, 0.15) is 5.56 Å². The Balaban J connectivity index is 2.07. The summed E-state index contributed by atoms with van der Waals surface area (Å²) >= 11 is 0. The number of carbonyl (C=O) groups excluding carboxylic acids is 1. The SMILES string of the molecule is CC(C)(C)c1ccc(C(=C[C@H]2CCC(=O)N2)c2ccc(C(F)(F)F)c(=O)[nH]2)cc1. The number of carbonyl (C=O) groups is 1. The van der Waals surface area contributed by atoms with Crippen LogP contribution in [0.1, 0.15) is 56.0 Å². The molecule has 1 aromatic heterocycles. The van der Waals surface area contributed by atoms with Crippen LogP contribution in [0.15, 0.2) is 47.3 Å². The highest BCUT2D eigenvalue weighted by atomic mass is 19.4. The molecular weight excluding hydrogens is 381 g/mol. The Bertz CT molecular complexity index is 996. The van der Waals surface area contributed by atoms with Crippen molar-refractivity contribution < 1.29 is 18.0 Å². The van der Waals surface area contributed by atoms with Gasteiger partial charge in [0.05, 0.1) is 0 Å². The summed E-state index contributed by atoms with van der Waals surface area (Å²) in [5.74, 6) is -0.0745. The fourth-order valence-electron chi connectivity index (χ4n) is 3.31. The predicted octanol–water partition coefficient (Wildman–Crippen LogP) is 4.40. The predicted molar refractivity (Wildman–Crippen MR) is 105 cm³/mol. The smallest absolute Gasteiger partial charge is 0.350 e. The Labute approximate surface area is 166 Å². The monoisotopic (exact) mass is 404 g/mol. The van der Waals surface area contributed by atoms with Crippen molar-refractivity contribution in [2.45, 2.75) is 51.2 Å². The maximum atomic E-state index is 12.9. The molecule has 3 rings (SSSR count). The quantitative estimate of drug-likeness (QED) is 0.797. The van der Waals surface area contributed by atoms with Gasteiger partial charge in [0.2, 0.25) is 5.91 Å². The molecule has 0 spiro atoms. The van der Waals surface area contributed by atoms with Crippen molar-refractivity contribution in [2.24, 2.45) is 0 Å². The van der Waals surface area contributed by atoms with Gasteiger partial charge >= 0.3 is 6.18 Å². The largest absolute Gasteiger partial charge is 0.421 e. The highest BCUT2D eigenvalue weighted by Crippen LogP contribution is 2.30. The fraction of sp³-hybridized carbons (Fsp3) is 0.364. The number of pyridine rings is 1. The van der Waals surface area contributed by atoms with Gasteiger partial charge in [-0.1, -0.05) is 51.1 Å². The van der Waals surface area contributed by atoms with Crippen LogP contribution in [0, 0.1) is 0 Å². The molecule has 1 amide bonds. The maximum Gasteiger partial charge on any atom is 0.421 e. The number of halogens is 3. The van der Waals surface area contributed by atoms with E-state index in [0.717, 1.165) is 17.2 Å². The number of rotatable bonds is 3. The first-order valence-corrected chi connectivity index (χ1v) is 9.38. The van der Waals surface area contributed by atoms with E-state index >= 15 is 0 Å². The third-order valence-electron chi connectivity index (χ3n) is 4.96. The summed E-state index contributed by atoms with van der Waals surface area (Å²) in [6, 6.07) is 9.46. The second-order valence-electron chi connectivity index (χ2n) is 8.23. The third-order valence-corrected chi connectivity index (χ3v) is 4.96. The van der Waals surface area contributed by atoms with Crippen LogP contribution in [-0.4, -0.2) is 16.9 Å². The van der Waals surface area contributed by atoms with Gasteiger partial charge < -0.3 is 10.3 Å². The van der Waals surface area contributed by atoms with Gasteiger partial charge in [0, 0.05) is 23.7 Å². The number of hydrogen-bond acceptors (Lipinski definition) is 2. The fourth-order valence-corrected chi connectivity index (χ4v) is 3.31. The standard InChI is InChI=1S/C22H23F3N2O2/c1-21(2,3)14-6-4-13(5-7-14)16(12-15-8-11-19(28)26-15)18-10-9-17(20(29)27-18)22(23,24)25/h4-7,9-10,12,15H,8,11H2,1-3H3,(H,26,28)(H,27,29)/t15-/m1/s1. The van der Waals surface area contributed by atoms with Crippen molar-refractivity contribution in [3.63, 3.8) is 0 Å². The number of alkyl halides is 3. The molecule has 1 atom stereocenters. The van der Waals surface area contributed by atoms with E-state index in [0.29, 0.717) is 18.4 Å². The maximum absolute atomic E-state index is 12.9. The van der Waals surface area contributed by atoms with Crippen LogP contribution >= 0.6 is 0 Å². The molecule has 154 valence electrons. The van der Waals surface area contributed by atoms with Crippen LogP contribution in [0.5, 0.6) is 0 Å². The molecule has 1 fully saturated rings. The van der Waals surface area contributed by atoms with E-state index in [2.05, 4.69) is 31.1 Å². The minimum Gasteiger partial charge on any atom is -0.350 e. The van der Waals surface area contributed by atoms with E-state index < -0.39 is 17.3 Å². The molecule has 2 aromatic rings. The van der Waals surface area contributed by atoms with Crippen LogP contribution in [0.2, 0.25) is 0 Å². The van der Waals surface area contributed by atoms with Crippen molar-refractivity contribution in [2.75, 3.05) is 0 Å². The Morgan fingerprint density at radius 1 is 1.03 bits per heavy atom. The minimum atomic E-state index is -4.72. The third kappa shape index (κ3) is 4.78. The summed E-state index contributed by atoms with van der Waals surface area (Å²) in [7, 11) is 0. The zero-order valence-corrected chi connectivity index (χ0v) is 16.5. The normalized spacial score (nSPS) is 18.1. The van der Waals surface area contributed by atoms with Gasteiger partial charge in [0.15, 0.2) is 0 Å². The summed E-state index contributed by atoms with van der Waals surface area (Å²) in [6.45, 7) is 6.25. The molecule has 0 unspecified atom stereocenters. The molecule has 0 aliphatic carbocycles. The van der Waals surface area contributed by atoms with E-state index in [9.17, 15) is 22.8 Å². The second kappa shape index (κ2) is 7.54. The van der Waals surface area contributed by atoms with Gasteiger partial charge in [-0.25, -0.2) is 0 Å². The van der Waals surface area contributed by atoms with Crippen LogP contribution in [-0.2, 0) is 16.4 Å². The molecule has 4 nitrogen and oxygen atoms in total. The number of amides is 1. The van der Waals surface area contributed by atoms with E-state index in [1.54, 1.807) is 6.08 Å². The molecule has 29 heavy (non-hydrogen) atoms. The first kappa shape index (κ1) is 20.9. The van der Waals surface area contributed by atoms with E-state index in [4.69, 9.17) is 0 Å². The van der Waals surface area contributed by atoms with Crippen LogP contribution in [0.4, 0.5) is 13.2 Å². The number of H-pyrrole nitrogens is 1. The lowest BCUT2D eigenvalue weighted by Gasteiger charge is -2.20. The van der Waals surface area contributed by atoms with Crippen molar-refractivity contribution in [3.05, 3.63) is 75.2 Å². The van der Waals surface area contributed by atoms with Crippen LogP contribution < -0.4 is 10.9 Å². The average molecular weight is 404 g/mol. The first-order valence-electron chi connectivity index (χ1n) is 9.38. The molecular formula is C22H23F3N2O2. The number of benzene rings is 1. The minimum absolute atomic E-state index is 0.0511. The number of nitrogens with one attached hydrogen (secondary N) is 2. The highest BCUT2D eigenvalue weighted by Gasteiger charge is 2.34. The van der Waals surface area contributed by atoms with Gasteiger partial charge in [-0.3, -0.25) is 9.59 Å². The molecule has 7 heteroatoms. The lowest BCUT2D eigenvalue weighted by atomic mass is 9.86. The Morgan fingerprint density at radius 2 is 1.69 bits per heavy atom. The molecule has 0 bridgehead atoms. The molecule has 2 heterocycles. The van der Waals surface area contributed by atoms with Crippen LogP contribution in [0.3, 0.4) is 0 Å². The summed E-state index contributed by atoms with van der Waals surface area (Å²) < 4.78 is 38.8. The van der Waals surface area contributed by atoms with Crippen LogP contribution in [0.25, 0.3) is 5.57 Å². The van der Waals surface area contributed by atoms with Gasteiger partial charge in [0.25, 0.3) is 5.56 Å². The van der Waals surface area contributed by atoms with E-state index in [1.807, 2.05) is 24.3 Å². The lowest BCUT2D eigenvalue weighted by Crippen LogP contribution is -2.24. The highest BCUT2D eigenvalue weighted by molar-refractivity contribution is 5.82. The van der Waals surface area contributed by atoms with Crippen molar-refractivity contribution in [3.8, 4) is 0 Å². The molecule has 2 N–H and O–H groups in total. The molecule has 1 aliphatic heterocycles. The Morgan fingerprint density at radius 3 is 2.17 bits per heavy atom. The number of aromatic nitrogens is 1. The summed E-state index contributed by atoms with van der Waals surface area (Å²) in [5, 5.41) is 2.82. The molecule has 1 aromatic carbocycles.